The highest BCUT2D eigenvalue weighted by atomic mass is 16.1. The van der Waals surface area contributed by atoms with Crippen molar-refractivity contribution in [3.05, 3.63) is 29.3 Å². The summed E-state index contributed by atoms with van der Waals surface area (Å²) < 4.78 is 1.70. The molecule has 2 rings (SSSR count). The van der Waals surface area contributed by atoms with Gasteiger partial charge in [-0.15, -0.1) is 5.10 Å². The molecular weight excluding hydrogens is 256 g/mol. The van der Waals surface area contributed by atoms with E-state index in [0.717, 1.165) is 17.8 Å². The average molecular weight is 276 g/mol. The Balaban J connectivity index is 1.81. The molecule has 0 aliphatic heterocycles. The molecule has 0 saturated carbocycles. The molecule has 108 valence electrons. The summed E-state index contributed by atoms with van der Waals surface area (Å²) in [5.41, 5.74) is 2.27. The molecule has 2 aromatic heterocycles. The zero-order valence-corrected chi connectivity index (χ0v) is 12.1. The monoisotopic (exact) mass is 276 g/mol. The minimum Gasteiger partial charge on any atom is -0.349 e. The molecular formula is C13H20N6O. The van der Waals surface area contributed by atoms with Crippen LogP contribution in [-0.2, 0) is 13.0 Å². The molecule has 7 heteroatoms. The summed E-state index contributed by atoms with van der Waals surface area (Å²) in [5, 5.41) is 17.5. The number of carbonyl (C=O) groups is 1. The summed E-state index contributed by atoms with van der Waals surface area (Å²) in [5.74, 6) is 0.356. The van der Waals surface area contributed by atoms with E-state index in [1.54, 1.807) is 10.7 Å². The number of hydrogen-bond acceptors (Lipinski definition) is 4. The maximum absolute atomic E-state index is 11.9. The van der Waals surface area contributed by atoms with E-state index >= 15 is 0 Å². The van der Waals surface area contributed by atoms with E-state index in [0.29, 0.717) is 24.7 Å². The summed E-state index contributed by atoms with van der Waals surface area (Å²) >= 11 is 0. The normalized spacial score (nSPS) is 11.0. The lowest BCUT2D eigenvalue weighted by Crippen LogP contribution is -2.27. The van der Waals surface area contributed by atoms with Gasteiger partial charge in [0.1, 0.15) is 5.69 Å². The third-order valence-corrected chi connectivity index (χ3v) is 2.77. The van der Waals surface area contributed by atoms with Gasteiger partial charge in [-0.3, -0.25) is 14.6 Å². The molecule has 0 aromatic carbocycles. The highest BCUT2D eigenvalue weighted by Crippen LogP contribution is 2.06. The molecule has 0 fully saturated rings. The van der Waals surface area contributed by atoms with Gasteiger partial charge in [0, 0.05) is 18.4 Å². The van der Waals surface area contributed by atoms with Crippen molar-refractivity contribution in [3.63, 3.8) is 0 Å². The van der Waals surface area contributed by atoms with Gasteiger partial charge in [-0.05, 0) is 25.3 Å². The van der Waals surface area contributed by atoms with Crippen molar-refractivity contribution in [3.8, 4) is 0 Å². The Kier molecular flexibility index (Phi) is 4.49. The van der Waals surface area contributed by atoms with Crippen molar-refractivity contribution < 1.29 is 4.79 Å². The number of nitrogens with zero attached hydrogens (tertiary/aromatic N) is 4. The quantitative estimate of drug-likeness (QED) is 0.821. The summed E-state index contributed by atoms with van der Waals surface area (Å²) in [6.45, 7) is 7.22. The molecule has 2 heterocycles. The van der Waals surface area contributed by atoms with Crippen LogP contribution in [0.4, 0.5) is 0 Å². The Morgan fingerprint density at radius 2 is 2.30 bits per heavy atom. The lowest BCUT2D eigenvalue weighted by molar-refractivity contribution is 0.0947. The standard InChI is InChI=1S/C13H20N6O/c1-9(2)6-11-7-12(17-16-11)13(20)14-4-5-19-8-10(3)15-18-19/h7-9H,4-6H2,1-3H3,(H,14,20)(H,16,17). The Morgan fingerprint density at radius 3 is 2.95 bits per heavy atom. The van der Waals surface area contributed by atoms with Gasteiger partial charge in [0.15, 0.2) is 0 Å². The van der Waals surface area contributed by atoms with Crippen LogP contribution in [-0.4, -0.2) is 37.6 Å². The van der Waals surface area contributed by atoms with Crippen LogP contribution in [0.15, 0.2) is 12.3 Å². The van der Waals surface area contributed by atoms with Crippen LogP contribution in [0.5, 0.6) is 0 Å². The fraction of sp³-hybridized carbons (Fsp3) is 0.538. The minimum absolute atomic E-state index is 0.173. The molecule has 7 nitrogen and oxygen atoms in total. The molecule has 1 amide bonds. The number of aromatic nitrogens is 5. The zero-order valence-electron chi connectivity index (χ0n) is 12.1. The van der Waals surface area contributed by atoms with E-state index in [1.807, 2.05) is 13.1 Å². The van der Waals surface area contributed by atoms with Crippen LogP contribution >= 0.6 is 0 Å². The first-order valence-corrected chi connectivity index (χ1v) is 6.74. The average Bonchev–Trinajstić information content (AvgIpc) is 2.98. The van der Waals surface area contributed by atoms with Crippen molar-refractivity contribution in [1.82, 2.24) is 30.5 Å². The first-order chi connectivity index (χ1) is 9.54. The van der Waals surface area contributed by atoms with Crippen LogP contribution in [0.25, 0.3) is 0 Å². The largest absolute Gasteiger partial charge is 0.349 e. The van der Waals surface area contributed by atoms with Crippen molar-refractivity contribution >= 4 is 5.91 Å². The number of aromatic amines is 1. The van der Waals surface area contributed by atoms with Crippen molar-refractivity contribution in [2.45, 2.75) is 33.7 Å². The van der Waals surface area contributed by atoms with Crippen molar-refractivity contribution in [1.29, 1.82) is 0 Å². The fourth-order valence-corrected chi connectivity index (χ4v) is 1.90. The van der Waals surface area contributed by atoms with Crippen molar-refractivity contribution in [2.75, 3.05) is 6.54 Å². The second kappa shape index (κ2) is 6.31. The topological polar surface area (TPSA) is 88.5 Å². The Hall–Kier alpha value is -2.18. The maximum atomic E-state index is 11.9. The van der Waals surface area contributed by atoms with E-state index in [2.05, 4.69) is 39.7 Å². The summed E-state index contributed by atoms with van der Waals surface area (Å²) in [7, 11) is 0. The van der Waals surface area contributed by atoms with Crippen molar-refractivity contribution in [2.24, 2.45) is 5.92 Å². The molecule has 0 saturated heterocycles. The second-order valence-electron chi connectivity index (χ2n) is 5.26. The molecule has 0 bridgehead atoms. The highest BCUT2D eigenvalue weighted by molar-refractivity contribution is 5.92. The predicted molar refractivity (Wildman–Crippen MR) is 74.2 cm³/mol. The maximum Gasteiger partial charge on any atom is 0.271 e. The second-order valence-corrected chi connectivity index (χ2v) is 5.26. The minimum atomic E-state index is -0.173. The van der Waals surface area contributed by atoms with E-state index in [4.69, 9.17) is 0 Å². The number of hydrogen-bond donors (Lipinski definition) is 2. The van der Waals surface area contributed by atoms with Gasteiger partial charge in [-0.2, -0.15) is 5.10 Å². The number of rotatable bonds is 6. The molecule has 0 radical (unpaired) electrons. The van der Waals surface area contributed by atoms with Gasteiger partial charge in [0.05, 0.1) is 12.2 Å². The predicted octanol–water partition coefficient (Wildman–Crippen LogP) is 0.938. The number of nitrogens with one attached hydrogen (secondary N) is 2. The Morgan fingerprint density at radius 1 is 1.50 bits per heavy atom. The number of aryl methyl sites for hydroxylation is 1. The molecule has 20 heavy (non-hydrogen) atoms. The smallest absolute Gasteiger partial charge is 0.271 e. The highest BCUT2D eigenvalue weighted by Gasteiger charge is 2.10. The summed E-state index contributed by atoms with van der Waals surface area (Å²) in [6.07, 6.45) is 2.72. The molecule has 2 N–H and O–H groups in total. The van der Waals surface area contributed by atoms with Gasteiger partial charge in [0.2, 0.25) is 0 Å². The van der Waals surface area contributed by atoms with Crippen LogP contribution in [0.1, 0.15) is 35.7 Å². The van der Waals surface area contributed by atoms with Gasteiger partial charge in [-0.1, -0.05) is 19.1 Å². The molecule has 0 aliphatic carbocycles. The van der Waals surface area contributed by atoms with E-state index < -0.39 is 0 Å². The zero-order chi connectivity index (χ0) is 14.5. The first-order valence-electron chi connectivity index (χ1n) is 6.74. The van der Waals surface area contributed by atoms with Crippen LogP contribution in [0.2, 0.25) is 0 Å². The lowest BCUT2D eigenvalue weighted by Gasteiger charge is -2.02. The lowest BCUT2D eigenvalue weighted by atomic mass is 10.1. The molecule has 2 aromatic rings. The third kappa shape index (κ3) is 3.91. The van der Waals surface area contributed by atoms with Crippen LogP contribution < -0.4 is 5.32 Å². The van der Waals surface area contributed by atoms with Crippen LogP contribution in [0.3, 0.4) is 0 Å². The Labute approximate surface area is 117 Å². The molecule has 0 unspecified atom stereocenters. The van der Waals surface area contributed by atoms with Gasteiger partial charge < -0.3 is 5.32 Å². The van der Waals surface area contributed by atoms with E-state index in [-0.39, 0.29) is 5.91 Å². The van der Waals surface area contributed by atoms with E-state index in [9.17, 15) is 4.79 Å². The van der Waals surface area contributed by atoms with Gasteiger partial charge in [-0.25, -0.2) is 0 Å². The van der Waals surface area contributed by atoms with Gasteiger partial charge >= 0.3 is 0 Å². The summed E-state index contributed by atoms with van der Waals surface area (Å²) in [4.78, 5) is 11.9. The first kappa shape index (κ1) is 14.2. The van der Waals surface area contributed by atoms with E-state index in [1.165, 1.54) is 0 Å². The number of H-pyrrole nitrogens is 1. The number of amides is 1. The molecule has 0 spiro atoms. The van der Waals surface area contributed by atoms with Crippen LogP contribution in [0, 0.1) is 12.8 Å². The SMILES string of the molecule is Cc1cn(CCNC(=O)c2cc(CC(C)C)[nH]n2)nn1. The number of carbonyl (C=O) groups excluding carboxylic acids is 1. The van der Waals surface area contributed by atoms with Gasteiger partial charge in [0.25, 0.3) is 5.91 Å². The fourth-order valence-electron chi connectivity index (χ4n) is 1.90. The third-order valence-electron chi connectivity index (χ3n) is 2.77. The molecule has 0 atom stereocenters. The summed E-state index contributed by atoms with van der Waals surface area (Å²) in [6, 6.07) is 1.80. The molecule has 0 aliphatic rings. The Bertz CT molecular complexity index is 571.